The van der Waals surface area contributed by atoms with E-state index in [9.17, 15) is 14.7 Å². The Balaban J connectivity index is 1.78. The minimum atomic E-state index is -0.931. The molecule has 1 aromatic heterocycles. The Morgan fingerprint density at radius 2 is 1.83 bits per heavy atom. The fourth-order valence-electron chi connectivity index (χ4n) is 2.89. The number of aliphatic carboxylic acids is 1. The van der Waals surface area contributed by atoms with E-state index in [1.54, 1.807) is 0 Å². The van der Waals surface area contributed by atoms with Crippen LogP contribution in [0.1, 0.15) is 17.7 Å². The molecular weight excluding hydrogens is 324 g/mol. The number of nitrogens with zero attached hydrogens (tertiary/aromatic N) is 1. The van der Waals surface area contributed by atoms with Gasteiger partial charge in [-0.2, -0.15) is 0 Å². The van der Waals surface area contributed by atoms with Crippen LogP contribution in [0.25, 0.3) is 11.3 Å². The number of nitrogens with one attached hydrogen (secondary N) is 1. The van der Waals surface area contributed by atoms with Gasteiger partial charge in [0.05, 0.1) is 17.5 Å². The lowest BCUT2D eigenvalue weighted by Crippen LogP contribution is -2.34. The number of carbonyl (C=O) groups excluding carboxylic acids is 1. The number of hydrogen-bond acceptors (Lipinski definition) is 4. The first kappa shape index (κ1) is 16.4. The highest BCUT2D eigenvalue weighted by Gasteiger charge is 2.34. The maximum Gasteiger partial charge on any atom is 0.307 e. The van der Waals surface area contributed by atoms with Crippen LogP contribution in [0.2, 0.25) is 0 Å². The molecule has 2 atom stereocenters. The first-order valence-electron chi connectivity index (χ1n) is 7.78. The Kier molecular flexibility index (Phi) is 4.76. The third-order valence-corrected chi connectivity index (χ3v) is 5.05. The summed E-state index contributed by atoms with van der Waals surface area (Å²) in [6, 6.07) is 9.77. The first-order valence-corrected chi connectivity index (χ1v) is 8.59. The van der Waals surface area contributed by atoms with Gasteiger partial charge in [0.25, 0.3) is 0 Å². The van der Waals surface area contributed by atoms with Gasteiger partial charge in [0.2, 0.25) is 5.91 Å². The summed E-state index contributed by atoms with van der Waals surface area (Å²) >= 11 is 1.40. The standard InChI is InChI=1S/C18H18N2O3S/c1-11-15(12-7-3-2-4-8-12)19-18(24-11)20-16(21)13-9-5-6-10-14(13)17(22)23/h2-8,13-14H,9-10H2,1H3,(H,22,23)(H,19,20,21)/t13-,14-/m1/s1. The average molecular weight is 342 g/mol. The van der Waals surface area contributed by atoms with Crippen molar-refractivity contribution in [2.75, 3.05) is 5.32 Å². The van der Waals surface area contributed by atoms with Crippen molar-refractivity contribution in [3.63, 3.8) is 0 Å². The molecule has 3 rings (SSSR count). The Morgan fingerprint density at radius 3 is 2.50 bits per heavy atom. The van der Waals surface area contributed by atoms with Crippen LogP contribution in [0.15, 0.2) is 42.5 Å². The van der Waals surface area contributed by atoms with E-state index >= 15 is 0 Å². The van der Waals surface area contributed by atoms with E-state index in [0.717, 1.165) is 16.1 Å². The number of hydrogen-bond donors (Lipinski definition) is 2. The van der Waals surface area contributed by atoms with E-state index in [1.165, 1.54) is 11.3 Å². The molecule has 0 radical (unpaired) electrons. The molecule has 6 heteroatoms. The van der Waals surface area contributed by atoms with Crippen molar-refractivity contribution in [1.29, 1.82) is 0 Å². The predicted molar refractivity (Wildman–Crippen MR) is 93.9 cm³/mol. The second-order valence-electron chi connectivity index (χ2n) is 5.77. The number of carboxylic acid groups (broad SMARTS) is 1. The van der Waals surface area contributed by atoms with Gasteiger partial charge in [-0.05, 0) is 19.8 Å². The molecule has 0 spiro atoms. The van der Waals surface area contributed by atoms with E-state index in [4.69, 9.17) is 0 Å². The predicted octanol–water partition coefficient (Wildman–Crippen LogP) is 3.72. The zero-order valence-electron chi connectivity index (χ0n) is 13.2. The van der Waals surface area contributed by atoms with E-state index in [1.807, 2.05) is 49.4 Å². The van der Waals surface area contributed by atoms with Gasteiger partial charge in [-0.3, -0.25) is 9.59 Å². The van der Waals surface area contributed by atoms with Crippen molar-refractivity contribution in [2.45, 2.75) is 19.8 Å². The number of rotatable bonds is 4. The van der Waals surface area contributed by atoms with Gasteiger partial charge in [-0.1, -0.05) is 42.5 Å². The monoisotopic (exact) mass is 342 g/mol. The van der Waals surface area contributed by atoms with Crippen molar-refractivity contribution in [3.05, 3.63) is 47.4 Å². The van der Waals surface area contributed by atoms with Gasteiger partial charge in [0.15, 0.2) is 5.13 Å². The third-order valence-electron chi connectivity index (χ3n) is 4.16. The number of allylic oxidation sites excluding steroid dienone is 2. The number of aromatic nitrogens is 1. The second kappa shape index (κ2) is 6.97. The molecule has 0 saturated carbocycles. The van der Waals surface area contributed by atoms with Crippen molar-refractivity contribution >= 4 is 28.3 Å². The molecule has 1 aromatic carbocycles. The maximum atomic E-state index is 12.5. The SMILES string of the molecule is Cc1sc(NC(=O)[C@@H]2CC=CC[C@H]2C(=O)O)nc1-c1ccccc1. The van der Waals surface area contributed by atoms with Crippen LogP contribution in [0.4, 0.5) is 5.13 Å². The van der Waals surface area contributed by atoms with Crippen LogP contribution < -0.4 is 5.32 Å². The van der Waals surface area contributed by atoms with E-state index in [0.29, 0.717) is 18.0 Å². The summed E-state index contributed by atoms with van der Waals surface area (Å²) in [5.41, 5.74) is 1.84. The number of aryl methyl sites for hydroxylation is 1. The molecule has 124 valence electrons. The van der Waals surface area contributed by atoms with Crippen LogP contribution in [0, 0.1) is 18.8 Å². The van der Waals surface area contributed by atoms with E-state index in [2.05, 4.69) is 10.3 Å². The molecule has 1 aliphatic carbocycles. The molecule has 1 amide bonds. The Bertz CT molecular complexity index is 783. The number of anilines is 1. The molecule has 0 saturated heterocycles. The topological polar surface area (TPSA) is 79.3 Å². The number of thiazole rings is 1. The van der Waals surface area contributed by atoms with Crippen LogP contribution in [0.5, 0.6) is 0 Å². The average Bonchev–Trinajstić information content (AvgIpc) is 2.96. The minimum absolute atomic E-state index is 0.278. The van der Waals surface area contributed by atoms with Gasteiger partial charge in [-0.15, -0.1) is 11.3 Å². The lowest BCUT2D eigenvalue weighted by Gasteiger charge is -2.23. The summed E-state index contributed by atoms with van der Waals surface area (Å²) in [7, 11) is 0. The summed E-state index contributed by atoms with van der Waals surface area (Å²) < 4.78 is 0. The van der Waals surface area contributed by atoms with Crippen LogP contribution >= 0.6 is 11.3 Å². The number of carboxylic acids is 1. The summed E-state index contributed by atoms with van der Waals surface area (Å²) in [4.78, 5) is 29.4. The van der Waals surface area contributed by atoms with E-state index < -0.39 is 17.8 Å². The summed E-state index contributed by atoms with van der Waals surface area (Å²) in [6.07, 6.45) is 4.52. The molecule has 2 N–H and O–H groups in total. The molecule has 0 bridgehead atoms. The Labute approximate surface area is 144 Å². The largest absolute Gasteiger partial charge is 0.481 e. The van der Waals surface area contributed by atoms with Crippen molar-refractivity contribution < 1.29 is 14.7 Å². The quantitative estimate of drug-likeness (QED) is 0.830. The molecule has 2 aromatic rings. The number of amides is 1. The second-order valence-corrected chi connectivity index (χ2v) is 6.98. The molecule has 1 aliphatic rings. The molecule has 0 unspecified atom stereocenters. The van der Waals surface area contributed by atoms with Crippen LogP contribution in [-0.4, -0.2) is 22.0 Å². The third kappa shape index (κ3) is 3.38. The van der Waals surface area contributed by atoms with Gasteiger partial charge in [0, 0.05) is 10.4 Å². The van der Waals surface area contributed by atoms with Crippen molar-refractivity contribution in [2.24, 2.45) is 11.8 Å². The highest BCUT2D eigenvalue weighted by molar-refractivity contribution is 7.16. The zero-order chi connectivity index (χ0) is 17.1. The number of carbonyl (C=O) groups is 2. The van der Waals surface area contributed by atoms with Gasteiger partial charge < -0.3 is 10.4 Å². The lowest BCUT2D eigenvalue weighted by molar-refractivity contribution is -0.146. The molecule has 5 nitrogen and oxygen atoms in total. The highest BCUT2D eigenvalue weighted by atomic mass is 32.1. The van der Waals surface area contributed by atoms with Gasteiger partial charge in [-0.25, -0.2) is 4.98 Å². The fourth-order valence-corrected chi connectivity index (χ4v) is 3.73. The normalized spacial score (nSPS) is 19.9. The zero-order valence-corrected chi connectivity index (χ0v) is 14.0. The number of benzene rings is 1. The first-order chi connectivity index (χ1) is 11.6. The minimum Gasteiger partial charge on any atom is -0.481 e. The summed E-state index contributed by atoms with van der Waals surface area (Å²) in [6.45, 7) is 1.96. The van der Waals surface area contributed by atoms with Crippen LogP contribution in [0.3, 0.4) is 0 Å². The molecular formula is C18H18N2O3S. The molecule has 0 fully saturated rings. The molecule has 0 aliphatic heterocycles. The Hall–Kier alpha value is -2.47. The van der Waals surface area contributed by atoms with Gasteiger partial charge in [0.1, 0.15) is 0 Å². The van der Waals surface area contributed by atoms with Crippen molar-refractivity contribution in [3.8, 4) is 11.3 Å². The van der Waals surface area contributed by atoms with Gasteiger partial charge >= 0.3 is 5.97 Å². The van der Waals surface area contributed by atoms with E-state index in [-0.39, 0.29) is 5.91 Å². The highest BCUT2D eigenvalue weighted by Crippen LogP contribution is 2.32. The summed E-state index contributed by atoms with van der Waals surface area (Å²) in [5.74, 6) is -2.44. The Morgan fingerprint density at radius 1 is 1.17 bits per heavy atom. The van der Waals surface area contributed by atoms with Crippen molar-refractivity contribution in [1.82, 2.24) is 4.98 Å². The smallest absolute Gasteiger partial charge is 0.307 e. The molecule has 24 heavy (non-hydrogen) atoms. The maximum absolute atomic E-state index is 12.5. The lowest BCUT2D eigenvalue weighted by atomic mass is 9.82. The fraction of sp³-hybridized carbons (Fsp3) is 0.278. The molecule has 1 heterocycles. The summed E-state index contributed by atoms with van der Waals surface area (Å²) in [5, 5.41) is 12.6. The van der Waals surface area contributed by atoms with Crippen LogP contribution in [-0.2, 0) is 9.59 Å².